The van der Waals surface area contributed by atoms with E-state index in [-0.39, 0.29) is 12.4 Å². The van der Waals surface area contributed by atoms with Crippen LogP contribution in [0.4, 0.5) is 5.82 Å². The quantitative estimate of drug-likeness (QED) is 0.613. The van der Waals surface area contributed by atoms with Gasteiger partial charge in [-0.1, -0.05) is 18.2 Å². The van der Waals surface area contributed by atoms with Gasteiger partial charge in [-0.15, -0.1) is 12.4 Å². The van der Waals surface area contributed by atoms with Gasteiger partial charge in [-0.05, 0) is 31.2 Å². The van der Waals surface area contributed by atoms with Crippen molar-refractivity contribution in [1.82, 2.24) is 15.0 Å². The fourth-order valence-corrected chi connectivity index (χ4v) is 2.50. The second kappa shape index (κ2) is 6.22. The number of benzene rings is 1. The van der Waals surface area contributed by atoms with Gasteiger partial charge in [0.1, 0.15) is 16.9 Å². The zero-order valence-corrected chi connectivity index (χ0v) is 13.3. The highest BCUT2D eigenvalue weighted by Gasteiger charge is 2.14. The first-order valence-electron chi connectivity index (χ1n) is 7.11. The summed E-state index contributed by atoms with van der Waals surface area (Å²) in [5.74, 6) is 1.41. The van der Waals surface area contributed by atoms with Crippen molar-refractivity contribution in [3.05, 3.63) is 60.2 Å². The van der Waals surface area contributed by atoms with Gasteiger partial charge in [0, 0.05) is 11.6 Å². The number of para-hydroxylation sites is 1. The summed E-state index contributed by atoms with van der Waals surface area (Å²) in [6.07, 6.45) is 1.78. The van der Waals surface area contributed by atoms with E-state index in [9.17, 15) is 0 Å². The lowest BCUT2D eigenvalue weighted by Crippen LogP contribution is -2.04. The van der Waals surface area contributed by atoms with Gasteiger partial charge in [0.15, 0.2) is 11.4 Å². The summed E-state index contributed by atoms with van der Waals surface area (Å²) < 4.78 is 5.92. The number of hydrogen-bond donors (Lipinski definition) is 1. The van der Waals surface area contributed by atoms with Crippen LogP contribution >= 0.6 is 12.4 Å². The third-order valence-corrected chi connectivity index (χ3v) is 3.49. The Labute approximate surface area is 139 Å². The van der Waals surface area contributed by atoms with Crippen LogP contribution in [0.3, 0.4) is 0 Å². The number of halogens is 1. The van der Waals surface area contributed by atoms with E-state index in [1.54, 1.807) is 6.20 Å². The number of pyridine rings is 1. The first-order valence-corrected chi connectivity index (χ1v) is 7.11. The van der Waals surface area contributed by atoms with Crippen molar-refractivity contribution < 1.29 is 4.42 Å². The monoisotopic (exact) mass is 326 g/mol. The number of anilines is 1. The van der Waals surface area contributed by atoms with E-state index >= 15 is 0 Å². The number of aromatic nitrogens is 3. The summed E-state index contributed by atoms with van der Waals surface area (Å²) in [4.78, 5) is 13.3. The Morgan fingerprint density at radius 1 is 1.04 bits per heavy atom. The van der Waals surface area contributed by atoms with Gasteiger partial charge in [0.2, 0.25) is 0 Å². The maximum Gasteiger partial charge on any atom is 0.196 e. The number of rotatable bonds is 3. The molecule has 0 aliphatic carbocycles. The van der Waals surface area contributed by atoms with Gasteiger partial charge in [-0.2, -0.15) is 0 Å². The van der Waals surface area contributed by atoms with Crippen molar-refractivity contribution >= 4 is 40.3 Å². The van der Waals surface area contributed by atoms with Crippen molar-refractivity contribution in [2.45, 2.75) is 13.5 Å². The van der Waals surface area contributed by atoms with Gasteiger partial charge in [-0.3, -0.25) is 4.98 Å². The Hall–Kier alpha value is -2.66. The molecule has 1 N–H and O–H groups in total. The van der Waals surface area contributed by atoms with E-state index < -0.39 is 0 Å². The molecule has 0 fully saturated rings. The maximum absolute atomic E-state index is 5.92. The van der Waals surface area contributed by atoms with Crippen molar-refractivity contribution in [2.75, 3.05) is 5.32 Å². The number of furan rings is 1. The molecule has 0 bridgehead atoms. The molecular weight excluding hydrogens is 312 g/mol. The van der Waals surface area contributed by atoms with E-state index in [1.165, 1.54) is 0 Å². The van der Waals surface area contributed by atoms with Crippen LogP contribution in [-0.4, -0.2) is 15.0 Å². The summed E-state index contributed by atoms with van der Waals surface area (Å²) in [5.41, 5.74) is 3.29. The zero-order chi connectivity index (χ0) is 14.9. The van der Waals surface area contributed by atoms with Crippen LogP contribution in [0.15, 0.2) is 53.1 Å². The maximum atomic E-state index is 5.92. The lowest BCUT2D eigenvalue weighted by atomic mass is 10.2. The molecule has 3 heterocycles. The van der Waals surface area contributed by atoms with Gasteiger partial charge in [0.05, 0.1) is 12.2 Å². The summed E-state index contributed by atoms with van der Waals surface area (Å²) in [7, 11) is 0. The summed E-state index contributed by atoms with van der Waals surface area (Å²) in [6.45, 7) is 2.47. The molecule has 116 valence electrons. The van der Waals surface area contributed by atoms with Crippen LogP contribution in [0.2, 0.25) is 0 Å². The SMILES string of the molecule is Cc1nc(NCc2ccccn2)c2oc3ccccc3c2n1.Cl. The number of aryl methyl sites for hydroxylation is 1. The Bertz CT molecular complexity index is 953. The second-order valence-electron chi connectivity index (χ2n) is 5.07. The minimum Gasteiger partial charge on any atom is -0.450 e. The molecular formula is C17H15ClN4O. The Morgan fingerprint density at radius 2 is 1.87 bits per heavy atom. The minimum absolute atomic E-state index is 0. The third-order valence-electron chi connectivity index (χ3n) is 3.49. The first kappa shape index (κ1) is 15.2. The summed E-state index contributed by atoms with van der Waals surface area (Å²) >= 11 is 0. The average Bonchev–Trinajstić information content (AvgIpc) is 2.92. The van der Waals surface area contributed by atoms with E-state index in [0.29, 0.717) is 23.8 Å². The van der Waals surface area contributed by atoms with Gasteiger partial charge in [-0.25, -0.2) is 9.97 Å². The van der Waals surface area contributed by atoms with Crippen molar-refractivity contribution in [1.29, 1.82) is 0 Å². The van der Waals surface area contributed by atoms with Crippen LogP contribution in [0.1, 0.15) is 11.5 Å². The normalized spacial score (nSPS) is 10.7. The highest BCUT2D eigenvalue weighted by atomic mass is 35.5. The van der Waals surface area contributed by atoms with Gasteiger partial charge >= 0.3 is 0 Å². The average molecular weight is 327 g/mol. The van der Waals surface area contributed by atoms with E-state index in [2.05, 4.69) is 20.3 Å². The predicted molar refractivity (Wildman–Crippen MR) is 92.9 cm³/mol. The molecule has 0 amide bonds. The lowest BCUT2D eigenvalue weighted by molar-refractivity contribution is 0.666. The van der Waals surface area contributed by atoms with Crippen LogP contribution in [-0.2, 0) is 6.54 Å². The molecule has 4 rings (SSSR count). The lowest BCUT2D eigenvalue weighted by Gasteiger charge is -2.06. The molecule has 6 heteroatoms. The molecule has 0 saturated heterocycles. The number of fused-ring (bicyclic) bond motifs is 3. The molecule has 4 aromatic rings. The molecule has 1 aromatic carbocycles. The molecule has 0 aliphatic heterocycles. The Kier molecular flexibility index (Phi) is 4.12. The highest BCUT2D eigenvalue weighted by molar-refractivity contribution is 6.05. The van der Waals surface area contributed by atoms with Crippen molar-refractivity contribution in [3.8, 4) is 0 Å². The molecule has 0 atom stereocenters. The highest BCUT2D eigenvalue weighted by Crippen LogP contribution is 2.31. The molecule has 0 radical (unpaired) electrons. The molecule has 0 saturated carbocycles. The molecule has 0 spiro atoms. The van der Waals surface area contributed by atoms with Crippen molar-refractivity contribution in [2.24, 2.45) is 0 Å². The molecule has 23 heavy (non-hydrogen) atoms. The predicted octanol–water partition coefficient (Wildman–Crippen LogP) is 4.11. The van der Waals surface area contributed by atoms with Crippen LogP contribution < -0.4 is 5.32 Å². The molecule has 3 aromatic heterocycles. The Balaban J connectivity index is 0.00000156. The largest absolute Gasteiger partial charge is 0.450 e. The number of nitrogens with zero attached hydrogens (tertiary/aromatic N) is 3. The van der Waals surface area contributed by atoms with Gasteiger partial charge < -0.3 is 9.73 Å². The topological polar surface area (TPSA) is 63.8 Å². The minimum atomic E-state index is 0. The fraction of sp³-hybridized carbons (Fsp3) is 0.118. The fourth-order valence-electron chi connectivity index (χ4n) is 2.50. The second-order valence-corrected chi connectivity index (χ2v) is 5.07. The number of nitrogens with one attached hydrogen (secondary N) is 1. The van der Waals surface area contributed by atoms with Gasteiger partial charge in [0.25, 0.3) is 0 Å². The van der Waals surface area contributed by atoms with E-state index in [4.69, 9.17) is 4.42 Å². The standard InChI is InChI=1S/C17H14N4O.ClH/c1-11-20-15-13-7-2-3-8-14(13)22-16(15)17(21-11)19-10-12-6-4-5-9-18-12;/h2-9H,10H2,1H3,(H,19,20,21);1H. The van der Waals surface area contributed by atoms with Crippen molar-refractivity contribution in [3.63, 3.8) is 0 Å². The van der Waals surface area contributed by atoms with Crippen LogP contribution in [0.25, 0.3) is 22.1 Å². The smallest absolute Gasteiger partial charge is 0.196 e. The van der Waals surface area contributed by atoms with E-state index in [0.717, 1.165) is 22.2 Å². The van der Waals surface area contributed by atoms with E-state index in [1.807, 2.05) is 49.4 Å². The molecule has 5 nitrogen and oxygen atoms in total. The number of hydrogen-bond acceptors (Lipinski definition) is 5. The third kappa shape index (κ3) is 2.83. The summed E-state index contributed by atoms with van der Waals surface area (Å²) in [5, 5.41) is 4.30. The van der Waals surface area contributed by atoms with Crippen LogP contribution in [0, 0.1) is 6.92 Å². The first-order chi connectivity index (χ1) is 10.8. The molecule has 0 aliphatic rings. The molecule has 0 unspecified atom stereocenters. The zero-order valence-electron chi connectivity index (χ0n) is 12.5. The van der Waals surface area contributed by atoms with Crippen LogP contribution in [0.5, 0.6) is 0 Å². The Morgan fingerprint density at radius 3 is 2.70 bits per heavy atom. The summed E-state index contributed by atoms with van der Waals surface area (Å²) in [6, 6.07) is 13.7.